The summed E-state index contributed by atoms with van der Waals surface area (Å²) >= 11 is 0. The first-order chi connectivity index (χ1) is 15.1. The molecule has 5 rings (SSSR count). The standard InChI is InChI=1S/C17H23NO.C9H17NO2/c1-14-11-17(12-14)19-16-7-9-18(10-8-16)13-15-5-3-2-4-6-15;11-7-5-9(6-7)12-8-1-3-10-4-2-8/h2-7,14,17H,8-13H2,1H3;7-11H,1-6H2. The molecular weight excluding hydrogens is 388 g/mol. The van der Waals surface area contributed by atoms with E-state index in [0.29, 0.717) is 18.3 Å². The van der Waals surface area contributed by atoms with Gasteiger partial charge in [-0.3, -0.25) is 4.90 Å². The molecule has 172 valence electrons. The quantitative estimate of drug-likeness (QED) is 0.720. The molecule has 1 aromatic carbocycles. The molecule has 0 unspecified atom stereocenters. The van der Waals surface area contributed by atoms with Crippen molar-refractivity contribution < 1.29 is 14.6 Å². The predicted molar refractivity (Wildman–Crippen MR) is 124 cm³/mol. The summed E-state index contributed by atoms with van der Waals surface area (Å²) in [4.78, 5) is 2.48. The van der Waals surface area contributed by atoms with Crippen LogP contribution >= 0.6 is 0 Å². The van der Waals surface area contributed by atoms with Gasteiger partial charge in [-0.1, -0.05) is 37.3 Å². The molecule has 1 aromatic rings. The van der Waals surface area contributed by atoms with Crippen LogP contribution in [0.2, 0.25) is 0 Å². The summed E-state index contributed by atoms with van der Waals surface area (Å²) in [6.07, 6.45) is 11.0. The van der Waals surface area contributed by atoms with E-state index in [1.807, 2.05) is 0 Å². The number of aliphatic hydroxyl groups excluding tert-OH is 1. The first kappa shape index (κ1) is 22.8. The Hall–Kier alpha value is -1.40. The van der Waals surface area contributed by atoms with E-state index in [1.54, 1.807) is 0 Å². The van der Waals surface area contributed by atoms with Crippen LogP contribution in [0.4, 0.5) is 0 Å². The van der Waals surface area contributed by atoms with Crippen molar-refractivity contribution in [2.45, 2.75) is 82.8 Å². The summed E-state index contributed by atoms with van der Waals surface area (Å²) in [7, 11) is 0. The number of hydrogen-bond acceptors (Lipinski definition) is 5. The van der Waals surface area contributed by atoms with E-state index < -0.39 is 0 Å². The molecule has 31 heavy (non-hydrogen) atoms. The lowest BCUT2D eigenvalue weighted by Gasteiger charge is -2.35. The molecule has 2 N–H and O–H groups in total. The second kappa shape index (κ2) is 11.5. The molecule has 4 aliphatic rings. The minimum Gasteiger partial charge on any atom is -0.495 e. The molecule has 2 aliphatic heterocycles. The lowest BCUT2D eigenvalue weighted by Crippen LogP contribution is -2.41. The van der Waals surface area contributed by atoms with Crippen molar-refractivity contribution in [3.8, 4) is 0 Å². The topological polar surface area (TPSA) is 54.0 Å². The Labute approximate surface area is 187 Å². The SMILES string of the molecule is CC1CC(OC2=CCN(Cc3ccccc3)CC2)C1.OC1CC(OC2CCNCC2)C1. The van der Waals surface area contributed by atoms with Gasteiger partial charge in [-0.15, -0.1) is 0 Å². The zero-order chi connectivity index (χ0) is 21.5. The number of nitrogens with one attached hydrogen (secondary N) is 1. The van der Waals surface area contributed by atoms with Gasteiger partial charge in [-0.05, 0) is 69.2 Å². The normalized spacial score (nSPS) is 31.5. The molecule has 0 radical (unpaired) electrons. The molecule has 0 atom stereocenters. The van der Waals surface area contributed by atoms with Crippen molar-refractivity contribution >= 4 is 0 Å². The molecule has 0 aromatic heterocycles. The fourth-order valence-corrected chi connectivity index (χ4v) is 4.78. The highest BCUT2D eigenvalue weighted by molar-refractivity contribution is 5.15. The highest BCUT2D eigenvalue weighted by atomic mass is 16.5. The van der Waals surface area contributed by atoms with Gasteiger partial charge < -0.3 is 19.9 Å². The van der Waals surface area contributed by atoms with Crippen molar-refractivity contribution in [2.24, 2.45) is 5.92 Å². The maximum absolute atomic E-state index is 9.06. The van der Waals surface area contributed by atoms with Gasteiger partial charge in [0, 0.05) is 26.1 Å². The van der Waals surface area contributed by atoms with Crippen molar-refractivity contribution in [1.82, 2.24) is 10.2 Å². The molecule has 2 saturated carbocycles. The highest BCUT2D eigenvalue weighted by Crippen LogP contribution is 2.32. The Morgan fingerprint density at radius 3 is 2.35 bits per heavy atom. The van der Waals surface area contributed by atoms with Crippen LogP contribution in [0, 0.1) is 5.92 Å². The monoisotopic (exact) mass is 428 g/mol. The fraction of sp³-hybridized carbons (Fsp3) is 0.692. The molecule has 0 amide bonds. The van der Waals surface area contributed by atoms with Crippen molar-refractivity contribution in [1.29, 1.82) is 0 Å². The number of nitrogens with zero attached hydrogens (tertiary/aromatic N) is 1. The van der Waals surface area contributed by atoms with E-state index in [4.69, 9.17) is 14.6 Å². The van der Waals surface area contributed by atoms with Crippen LogP contribution in [0.1, 0.15) is 57.4 Å². The van der Waals surface area contributed by atoms with Gasteiger partial charge in [0.2, 0.25) is 0 Å². The van der Waals surface area contributed by atoms with Gasteiger partial charge in [0.05, 0.1) is 30.2 Å². The Morgan fingerprint density at radius 1 is 1.00 bits per heavy atom. The number of piperidine rings is 1. The Morgan fingerprint density at radius 2 is 1.74 bits per heavy atom. The van der Waals surface area contributed by atoms with Crippen LogP contribution in [0.5, 0.6) is 0 Å². The summed E-state index contributed by atoms with van der Waals surface area (Å²) in [6.45, 7) is 7.65. The number of hydrogen-bond donors (Lipinski definition) is 2. The third-order valence-corrected chi connectivity index (χ3v) is 6.89. The predicted octanol–water partition coefficient (Wildman–Crippen LogP) is 3.87. The number of aliphatic hydroxyl groups is 1. The maximum atomic E-state index is 9.06. The van der Waals surface area contributed by atoms with E-state index >= 15 is 0 Å². The van der Waals surface area contributed by atoms with Crippen LogP contribution in [0.25, 0.3) is 0 Å². The second-order valence-corrected chi connectivity index (χ2v) is 9.79. The van der Waals surface area contributed by atoms with E-state index in [9.17, 15) is 0 Å². The summed E-state index contributed by atoms with van der Waals surface area (Å²) in [5, 5.41) is 12.4. The molecule has 1 saturated heterocycles. The average Bonchev–Trinajstić information content (AvgIpc) is 2.75. The fourth-order valence-electron chi connectivity index (χ4n) is 4.78. The van der Waals surface area contributed by atoms with E-state index in [2.05, 4.69) is 53.5 Å². The van der Waals surface area contributed by atoms with Gasteiger partial charge >= 0.3 is 0 Å². The molecule has 2 aliphatic carbocycles. The first-order valence-electron chi connectivity index (χ1n) is 12.3. The minimum atomic E-state index is -0.0864. The van der Waals surface area contributed by atoms with Gasteiger partial charge in [-0.25, -0.2) is 0 Å². The minimum absolute atomic E-state index is 0.0864. The zero-order valence-electron chi connectivity index (χ0n) is 19.0. The number of benzene rings is 1. The van der Waals surface area contributed by atoms with Crippen molar-refractivity contribution in [3.63, 3.8) is 0 Å². The molecule has 0 spiro atoms. The van der Waals surface area contributed by atoms with E-state index in [1.165, 1.54) is 24.2 Å². The average molecular weight is 429 g/mol. The van der Waals surface area contributed by atoms with Gasteiger partial charge in [-0.2, -0.15) is 0 Å². The zero-order valence-corrected chi connectivity index (χ0v) is 19.0. The third kappa shape index (κ3) is 7.31. The van der Waals surface area contributed by atoms with Crippen molar-refractivity contribution in [2.75, 3.05) is 26.2 Å². The molecule has 5 heteroatoms. The Kier molecular flexibility index (Phi) is 8.42. The number of rotatable bonds is 6. The van der Waals surface area contributed by atoms with Gasteiger partial charge in [0.25, 0.3) is 0 Å². The molecule has 0 bridgehead atoms. The summed E-state index contributed by atoms with van der Waals surface area (Å²) < 4.78 is 11.8. The maximum Gasteiger partial charge on any atom is 0.0987 e. The van der Waals surface area contributed by atoms with E-state index in [-0.39, 0.29) is 6.10 Å². The lowest BCUT2D eigenvalue weighted by atomic mass is 9.84. The third-order valence-electron chi connectivity index (χ3n) is 6.89. The van der Waals surface area contributed by atoms with Gasteiger partial charge in [0.15, 0.2) is 0 Å². The second-order valence-electron chi connectivity index (χ2n) is 9.79. The number of ether oxygens (including phenoxy) is 2. The van der Waals surface area contributed by atoms with Crippen LogP contribution in [0.3, 0.4) is 0 Å². The lowest BCUT2D eigenvalue weighted by molar-refractivity contribution is -0.110. The highest BCUT2D eigenvalue weighted by Gasteiger charge is 2.30. The molecule has 3 fully saturated rings. The largest absolute Gasteiger partial charge is 0.495 e. The molecular formula is C26H40N2O3. The van der Waals surface area contributed by atoms with Gasteiger partial charge in [0.1, 0.15) is 0 Å². The van der Waals surface area contributed by atoms with Crippen LogP contribution < -0.4 is 5.32 Å². The van der Waals surface area contributed by atoms with Crippen LogP contribution in [0.15, 0.2) is 42.2 Å². The Bertz CT molecular complexity index is 677. The van der Waals surface area contributed by atoms with E-state index in [0.717, 1.165) is 70.7 Å². The summed E-state index contributed by atoms with van der Waals surface area (Å²) in [5.74, 6) is 2.09. The first-order valence-corrected chi connectivity index (χ1v) is 12.3. The molecule has 2 heterocycles. The van der Waals surface area contributed by atoms with Crippen LogP contribution in [-0.4, -0.2) is 60.6 Å². The van der Waals surface area contributed by atoms with Crippen LogP contribution in [-0.2, 0) is 16.0 Å². The summed E-state index contributed by atoms with van der Waals surface area (Å²) in [6, 6.07) is 10.7. The summed E-state index contributed by atoms with van der Waals surface area (Å²) in [5.41, 5.74) is 1.40. The molecule has 5 nitrogen and oxygen atoms in total. The Balaban J connectivity index is 0.000000166. The smallest absolute Gasteiger partial charge is 0.0987 e. The van der Waals surface area contributed by atoms with Crippen molar-refractivity contribution in [3.05, 3.63) is 47.7 Å².